The van der Waals surface area contributed by atoms with Crippen molar-refractivity contribution in [1.82, 2.24) is 15.0 Å². The van der Waals surface area contributed by atoms with Crippen molar-refractivity contribution in [3.8, 4) is 17.1 Å². The third-order valence-electron chi connectivity index (χ3n) is 4.44. The molecule has 152 valence electrons. The second-order valence-corrected chi connectivity index (χ2v) is 7.60. The number of aryl methyl sites for hydroxylation is 1. The van der Waals surface area contributed by atoms with E-state index in [0.29, 0.717) is 17.3 Å². The molecule has 1 aromatic heterocycles. The lowest BCUT2D eigenvalue weighted by Gasteiger charge is -2.25. The van der Waals surface area contributed by atoms with E-state index in [9.17, 15) is 4.79 Å². The molecule has 1 amide bonds. The van der Waals surface area contributed by atoms with Gasteiger partial charge in [0.15, 0.2) is 0 Å². The number of aromatic nitrogens is 2. The summed E-state index contributed by atoms with van der Waals surface area (Å²) in [6, 6.07) is 15.1. The maximum Gasteiger partial charge on any atom is 0.254 e. The van der Waals surface area contributed by atoms with Gasteiger partial charge in [-0.3, -0.25) is 4.79 Å². The van der Waals surface area contributed by atoms with Gasteiger partial charge < -0.3 is 14.2 Å². The molecule has 29 heavy (non-hydrogen) atoms. The summed E-state index contributed by atoms with van der Waals surface area (Å²) in [5.74, 6) is 1.58. The Bertz CT molecular complexity index is 944. The van der Waals surface area contributed by atoms with Gasteiger partial charge in [0, 0.05) is 17.2 Å². The van der Waals surface area contributed by atoms with E-state index in [0.717, 1.165) is 11.3 Å². The number of rotatable bonds is 7. The first-order chi connectivity index (χ1) is 13.8. The van der Waals surface area contributed by atoms with Crippen LogP contribution < -0.4 is 4.74 Å². The van der Waals surface area contributed by atoms with Gasteiger partial charge in [-0.2, -0.15) is 4.98 Å². The molecule has 0 atom stereocenters. The Balaban J connectivity index is 1.75. The largest absolute Gasteiger partial charge is 0.491 e. The zero-order valence-electron chi connectivity index (χ0n) is 17.5. The molecule has 0 aliphatic carbocycles. The minimum Gasteiger partial charge on any atom is -0.491 e. The number of carbonyl (C=O) groups excluding carboxylic acids is 1. The smallest absolute Gasteiger partial charge is 0.254 e. The van der Waals surface area contributed by atoms with E-state index in [1.807, 2.05) is 71.0 Å². The highest BCUT2D eigenvalue weighted by Crippen LogP contribution is 2.20. The molecule has 2 aromatic carbocycles. The molecule has 0 spiro atoms. The fourth-order valence-electron chi connectivity index (χ4n) is 2.89. The molecular formula is C23H27N3O3. The van der Waals surface area contributed by atoms with Crippen LogP contribution in [-0.4, -0.2) is 33.1 Å². The molecule has 0 aliphatic rings. The second-order valence-electron chi connectivity index (χ2n) is 7.60. The van der Waals surface area contributed by atoms with Crippen LogP contribution in [0.5, 0.6) is 5.75 Å². The summed E-state index contributed by atoms with van der Waals surface area (Å²) in [7, 11) is 0. The SMILES string of the molecule is Cc1ccc(-c2noc(CN(C(=O)c3ccc(OC(C)C)cc3)C(C)C)n2)cc1. The van der Waals surface area contributed by atoms with Gasteiger partial charge in [0.25, 0.3) is 5.91 Å². The Kier molecular flexibility index (Phi) is 6.32. The quantitative estimate of drug-likeness (QED) is 0.572. The summed E-state index contributed by atoms with van der Waals surface area (Å²) in [4.78, 5) is 19.2. The lowest BCUT2D eigenvalue weighted by atomic mass is 10.1. The molecule has 3 rings (SSSR count). The van der Waals surface area contributed by atoms with E-state index >= 15 is 0 Å². The van der Waals surface area contributed by atoms with Gasteiger partial charge in [0.1, 0.15) is 12.3 Å². The van der Waals surface area contributed by atoms with Gasteiger partial charge in [-0.1, -0.05) is 35.0 Å². The van der Waals surface area contributed by atoms with Gasteiger partial charge >= 0.3 is 0 Å². The van der Waals surface area contributed by atoms with Crippen molar-refractivity contribution < 1.29 is 14.1 Å². The Labute approximate surface area is 171 Å². The highest BCUT2D eigenvalue weighted by atomic mass is 16.5. The van der Waals surface area contributed by atoms with Crippen LogP contribution >= 0.6 is 0 Å². The van der Waals surface area contributed by atoms with Crippen LogP contribution in [-0.2, 0) is 6.54 Å². The molecule has 0 bridgehead atoms. The summed E-state index contributed by atoms with van der Waals surface area (Å²) in [6.07, 6.45) is 0.0870. The Morgan fingerprint density at radius 3 is 2.28 bits per heavy atom. The number of amides is 1. The number of carbonyl (C=O) groups is 1. The molecule has 0 N–H and O–H groups in total. The van der Waals surface area contributed by atoms with Crippen LogP contribution in [0.2, 0.25) is 0 Å². The van der Waals surface area contributed by atoms with Crippen molar-refractivity contribution in [3.05, 3.63) is 65.5 Å². The van der Waals surface area contributed by atoms with E-state index in [2.05, 4.69) is 10.1 Å². The molecule has 0 unspecified atom stereocenters. The third kappa shape index (κ3) is 5.22. The molecule has 6 nitrogen and oxygen atoms in total. The fourth-order valence-corrected chi connectivity index (χ4v) is 2.89. The van der Waals surface area contributed by atoms with E-state index in [1.54, 1.807) is 17.0 Å². The van der Waals surface area contributed by atoms with Crippen molar-refractivity contribution in [2.45, 2.75) is 53.3 Å². The van der Waals surface area contributed by atoms with Crippen LogP contribution in [0.1, 0.15) is 49.5 Å². The minimum atomic E-state index is -0.0915. The maximum atomic E-state index is 13.0. The highest BCUT2D eigenvalue weighted by Gasteiger charge is 2.22. The average molecular weight is 393 g/mol. The Morgan fingerprint density at radius 1 is 1.03 bits per heavy atom. The topological polar surface area (TPSA) is 68.5 Å². The molecule has 1 heterocycles. The molecule has 0 saturated carbocycles. The van der Waals surface area contributed by atoms with E-state index in [4.69, 9.17) is 9.26 Å². The fraction of sp³-hybridized carbons (Fsp3) is 0.348. The second kappa shape index (κ2) is 8.90. The number of nitrogens with zero attached hydrogens (tertiary/aromatic N) is 3. The van der Waals surface area contributed by atoms with Gasteiger partial charge in [-0.15, -0.1) is 0 Å². The summed E-state index contributed by atoms with van der Waals surface area (Å²) in [5, 5.41) is 4.06. The van der Waals surface area contributed by atoms with Crippen molar-refractivity contribution in [2.75, 3.05) is 0 Å². The van der Waals surface area contributed by atoms with Crippen LogP contribution in [0, 0.1) is 6.92 Å². The molecular weight excluding hydrogens is 366 g/mol. The Morgan fingerprint density at radius 2 is 1.69 bits per heavy atom. The monoisotopic (exact) mass is 393 g/mol. The molecule has 0 aliphatic heterocycles. The number of benzene rings is 2. The average Bonchev–Trinajstić information content (AvgIpc) is 3.15. The van der Waals surface area contributed by atoms with Crippen molar-refractivity contribution in [1.29, 1.82) is 0 Å². The van der Waals surface area contributed by atoms with Crippen molar-refractivity contribution in [2.24, 2.45) is 0 Å². The lowest BCUT2D eigenvalue weighted by molar-refractivity contribution is 0.0667. The third-order valence-corrected chi connectivity index (χ3v) is 4.44. The number of hydrogen-bond acceptors (Lipinski definition) is 5. The molecule has 0 radical (unpaired) electrons. The summed E-state index contributed by atoms with van der Waals surface area (Å²) in [5.41, 5.74) is 2.64. The van der Waals surface area contributed by atoms with E-state index in [1.165, 1.54) is 5.56 Å². The highest BCUT2D eigenvalue weighted by molar-refractivity contribution is 5.94. The molecule has 3 aromatic rings. The normalized spacial score (nSPS) is 11.1. The number of ether oxygens (including phenoxy) is 1. The predicted octanol–water partition coefficient (Wildman–Crippen LogP) is 4.88. The zero-order chi connectivity index (χ0) is 21.0. The van der Waals surface area contributed by atoms with Gasteiger partial charge in [0.05, 0.1) is 6.10 Å². The summed E-state index contributed by atoms with van der Waals surface area (Å²) < 4.78 is 11.1. The lowest BCUT2D eigenvalue weighted by Crippen LogP contribution is -2.36. The van der Waals surface area contributed by atoms with Gasteiger partial charge in [-0.05, 0) is 58.9 Å². The predicted molar refractivity (Wildman–Crippen MR) is 112 cm³/mol. The van der Waals surface area contributed by atoms with Crippen LogP contribution in [0.3, 0.4) is 0 Å². The Hall–Kier alpha value is -3.15. The first-order valence-corrected chi connectivity index (χ1v) is 9.81. The molecule has 0 fully saturated rings. The maximum absolute atomic E-state index is 13.0. The van der Waals surface area contributed by atoms with Crippen molar-refractivity contribution >= 4 is 5.91 Å². The zero-order valence-corrected chi connectivity index (χ0v) is 17.5. The summed E-state index contributed by atoms with van der Waals surface area (Å²) in [6.45, 7) is 10.1. The number of hydrogen-bond donors (Lipinski definition) is 0. The molecule has 6 heteroatoms. The van der Waals surface area contributed by atoms with E-state index in [-0.39, 0.29) is 24.6 Å². The first kappa shape index (κ1) is 20.6. The van der Waals surface area contributed by atoms with Gasteiger partial charge in [-0.25, -0.2) is 0 Å². The first-order valence-electron chi connectivity index (χ1n) is 9.81. The van der Waals surface area contributed by atoms with Crippen molar-refractivity contribution in [3.63, 3.8) is 0 Å². The van der Waals surface area contributed by atoms with Crippen LogP contribution in [0.15, 0.2) is 53.1 Å². The van der Waals surface area contributed by atoms with Gasteiger partial charge in [0.2, 0.25) is 11.7 Å². The standard InChI is InChI=1S/C23H27N3O3/c1-15(2)26(23(27)19-10-12-20(13-11-19)28-16(3)4)14-21-24-22(25-29-21)18-8-6-17(5)7-9-18/h6-13,15-16H,14H2,1-5H3. The molecule has 0 saturated heterocycles. The van der Waals surface area contributed by atoms with Crippen LogP contribution in [0.25, 0.3) is 11.4 Å². The van der Waals surface area contributed by atoms with Crippen LogP contribution in [0.4, 0.5) is 0 Å². The van der Waals surface area contributed by atoms with E-state index < -0.39 is 0 Å². The summed E-state index contributed by atoms with van der Waals surface area (Å²) >= 11 is 0. The minimum absolute atomic E-state index is 0.0242.